The van der Waals surface area contributed by atoms with Crippen molar-refractivity contribution in [3.05, 3.63) is 76.3 Å². The van der Waals surface area contributed by atoms with Crippen LogP contribution < -0.4 is 14.9 Å². The molecule has 32 heavy (non-hydrogen) atoms. The lowest BCUT2D eigenvalue weighted by atomic mass is 10.2. The molecule has 3 aromatic rings. The minimum absolute atomic E-state index is 0.0360. The van der Waals surface area contributed by atoms with E-state index >= 15 is 0 Å². The van der Waals surface area contributed by atoms with E-state index in [1.807, 2.05) is 0 Å². The Morgan fingerprint density at radius 3 is 2.41 bits per heavy atom. The minimum atomic E-state index is -4.24. The van der Waals surface area contributed by atoms with E-state index in [1.54, 1.807) is 12.1 Å². The third kappa shape index (κ3) is 5.23. The lowest BCUT2D eigenvalue weighted by Gasteiger charge is -2.12. The van der Waals surface area contributed by atoms with Crippen LogP contribution in [0.1, 0.15) is 5.56 Å². The Morgan fingerprint density at radius 1 is 1.06 bits per heavy atom. The van der Waals surface area contributed by atoms with Crippen LogP contribution in [0.2, 0.25) is 0 Å². The van der Waals surface area contributed by atoms with Crippen LogP contribution in [0.15, 0.2) is 70.7 Å². The second-order valence-electron chi connectivity index (χ2n) is 6.38. The van der Waals surface area contributed by atoms with Gasteiger partial charge in [-0.3, -0.25) is 20.3 Å². The molecule has 0 radical (unpaired) electrons. The first kappa shape index (κ1) is 22.4. The maximum atomic E-state index is 13.0. The highest BCUT2D eigenvalue weighted by Crippen LogP contribution is 2.29. The maximum Gasteiger partial charge on any atom is 0.270 e. The normalized spacial score (nSPS) is 11.3. The number of nitrogens with zero attached hydrogens (tertiary/aromatic N) is 2. The number of ether oxygens (including phenoxy) is 1. The van der Waals surface area contributed by atoms with E-state index < -0.39 is 25.5 Å². The van der Waals surface area contributed by atoms with Crippen LogP contribution in [0.3, 0.4) is 0 Å². The predicted octanol–water partition coefficient (Wildman–Crippen LogP) is 3.26. The third-order valence-corrected chi connectivity index (χ3v) is 5.63. The van der Waals surface area contributed by atoms with Crippen molar-refractivity contribution in [3.63, 3.8) is 0 Å². The van der Waals surface area contributed by atoms with Crippen LogP contribution in [0.4, 0.5) is 17.1 Å². The van der Waals surface area contributed by atoms with Gasteiger partial charge in [-0.15, -0.1) is 0 Å². The molecule has 0 heterocycles. The van der Waals surface area contributed by atoms with Gasteiger partial charge < -0.3 is 14.9 Å². The number of nitro benzene ring substituents is 1. The number of nitro groups is 1. The molecule has 0 saturated heterocycles. The molecule has 0 bridgehead atoms. The van der Waals surface area contributed by atoms with Gasteiger partial charge in [0.2, 0.25) is 0 Å². The molecule has 0 aliphatic heterocycles. The molecule has 0 spiro atoms. The topological polar surface area (TPSA) is 163 Å². The molecule has 0 aliphatic rings. The average molecular weight is 458 g/mol. The molecule has 12 heteroatoms. The quantitative estimate of drug-likeness (QED) is 0.227. The number of phenolic OH excluding ortho intramolecular Hbond substituents is 2. The Hall–Kier alpha value is -4.32. The number of phenols is 2. The summed E-state index contributed by atoms with van der Waals surface area (Å²) in [6.07, 6.45) is 1.20. The first-order valence-corrected chi connectivity index (χ1v) is 10.4. The Morgan fingerprint density at radius 2 is 1.78 bits per heavy atom. The molecule has 0 fully saturated rings. The molecule has 3 rings (SSSR count). The zero-order valence-corrected chi connectivity index (χ0v) is 17.4. The van der Waals surface area contributed by atoms with Crippen molar-refractivity contribution in [2.75, 3.05) is 17.3 Å². The lowest BCUT2D eigenvalue weighted by Crippen LogP contribution is -2.15. The smallest absolute Gasteiger partial charge is 0.270 e. The Bertz CT molecular complexity index is 1280. The van der Waals surface area contributed by atoms with Crippen LogP contribution in [0.5, 0.6) is 17.2 Å². The number of rotatable bonds is 8. The number of aromatic hydroxyl groups is 2. The van der Waals surface area contributed by atoms with Crippen molar-refractivity contribution in [1.29, 1.82) is 0 Å². The fraction of sp³-hybridized carbons (Fsp3) is 0.0500. The highest BCUT2D eigenvalue weighted by atomic mass is 32.2. The number of hydrogen-bond acceptors (Lipinski definition) is 9. The van der Waals surface area contributed by atoms with E-state index in [1.165, 1.54) is 43.7 Å². The van der Waals surface area contributed by atoms with Crippen molar-refractivity contribution in [3.8, 4) is 17.2 Å². The van der Waals surface area contributed by atoms with Crippen LogP contribution in [-0.4, -0.2) is 36.9 Å². The summed E-state index contributed by atoms with van der Waals surface area (Å²) in [5, 5.41) is 34.2. The van der Waals surface area contributed by atoms with Crippen LogP contribution in [0, 0.1) is 10.1 Å². The Balaban J connectivity index is 1.92. The number of hydrazone groups is 1. The predicted molar refractivity (Wildman–Crippen MR) is 118 cm³/mol. The van der Waals surface area contributed by atoms with Crippen molar-refractivity contribution in [2.45, 2.75) is 4.90 Å². The first-order valence-electron chi connectivity index (χ1n) is 8.96. The van der Waals surface area contributed by atoms with E-state index in [0.29, 0.717) is 5.75 Å². The fourth-order valence-corrected chi connectivity index (χ4v) is 3.86. The van der Waals surface area contributed by atoms with E-state index in [2.05, 4.69) is 15.2 Å². The summed E-state index contributed by atoms with van der Waals surface area (Å²) < 4.78 is 33.3. The monoisotopic (exact) mass is 458 g/mol. The Kier molecular flexibility index (Phi) is 6.45. The molecular weight excluding hydrogens is 440 g/mol. The summed E-state index contributed by atoms with van der Waals surface area (Å²) in [4.78, 5) is 10.0. The van der Waals surface area contributed by atoms with Crippen LogP contribution in [0.25, 0.3) is 0 Å². The minimum Gasteiger partial charge on any atom is -0.508 e. The molecule has 4 N–H and O–H groups in total. The van der Waals surface area contributed by atoms with Gasteiger partial charge in [0.25, 0.3) is 15.7 Å². The molecule has 0 amide bonds. The highest BCUT2D eigenvalue weighted by molar-refractivity contribution is 7.92. The number of anilines is 2. The standard InChI is InChI=1S/C20H18N4O7S/c1-31-17-7-3-14(4-8-17)23-32(29,30)20-10-15(24(27)28)5-9-18(20)22-21-12-13-2-6-16(25)11-19(13)26/h2-12,22-23,25-26H,1H3. The van der Waals surface area contributed by atoms with Gasteiger partial charge in [-0.1, -0.05) is 0 Å². The van der Waals surface area contributed by atoms with Crippen LogP contribution in [-0.2, 0) is 10.0 Å². The molecule has 0 saturated carbocycles. The summed E-state index contributed by atoms with van der Waals surface area (Å²) in [5.74, 6) is 0.145. The van der Waals surface area contributed by atoms with Crippen molar-refractivity contribution in [2.24, 2.45) is 5.10 Å². The summed E-state index contributed by atoms with van der Waals surface area (Å²) in [5.41, 5.74) is 2.52. The molecule has 0 aromatic heterocycles. The second kappa shape index (κ2) is 9.22. The first-order chi connectivity index (χ1) is 15.2. The number of benzene rings is 3. The van der Waals surface area contributed by atoms with Gasteiger partial charge in [0.05, 0.1) is 23.9 Å². The molecule has 166 valence electrons. The van der Waals surface area contributed by atoms with E-state index in [0.717, 1.165) is 18.2 Å². The molecular formula is C20H18N4O7S. The fourth-order valence-electron chi connectivity index (χ4n) is 2.62. The molecule has 0 atom stereocenters. The summed E-state index contributed by atoms with van der Waals surface area (Å²) >= 11 is 0. The second-order valence-corrected chi connectivity index (χ2v) is 8.04. The van der Waals surface area contributed by atoms with E-state index in [-0.39, 0.29) is 28.4 Å². The number of nitrogens with one attached hydrogen (secondary N) is 2. The van der Waals surface area contributed by atoms with Gasteiger partial charge >= 0.3 is 0 Å². The molecule has 11 nitrogen and oxygen atoms in total. The van der Waals surface area contributed by atoms with Gasteiger partial charge in [0.1, 0.15) is 22.1 Å². The molecule has 0 unspecified atom stereocenters. The Labute approximate surface area is 182 Å². The molecule has 0 aliphatic carbocycles. The number of sulfonamides is 1. The van der Waals surface area contributed by atoms with Gasteiger partial charge in [-0.05, 0) is 42.5 Å². The van der Waals surface area contributed by atoms with Gasteiger partial charge in [-0.2, -0.15) is 5.10 Å². The largest absolute Gasteiger partial charge is 0.508 e. The average Bonchev–Trinajstić information content (AvgIpc) is 2.75. The van der Waals surface area contributed by atoms with Crippen molar-refractivity contribution >= 4 is 33.3 Å². The third-order valence-electron chi connectivity index (χ3n) is 4.21. The SMILES string of the molecule is COc1ccc(NS(=O)(=O)c2cc([N+](=O)[O-])ccc2NN=Cc2ccc(O)cc2O)cc1. The summed E-state index contributed by atoms with van der Waals surface area (Å²) in [6.45, 7) is 0. The van der Waals surface area contributed by atoms with Gasteiger partial charge in [-0.25, -0.2) is 8.42 Å². The van der Waals surface area contributed by atoms with Crippen LogP contribution >= 0.6 is 0 Å². The number of hydrogen-bond donors (Lipinski definition) is 4. The van der Waals surface area contributed by atoms with E-state index in [9.17, 15) is 28.7 Å². The zero-order chi connectivity index (χ0) is 23.3. The van der Waals surface area contributed by atoms with Crippen molar-refractivity contribution < 1.29 is 28.3 Å². The van der Waals surface area contributed by atoms with E-state index in [4.69, 9.17) is 4.74 Å². The lowest BCUT2D eigenvalue weighted by molar-refractivity contribution is -0.385. The highest BCUT2D eigenvalue weighted by Gasteiger charge is 2.22. The number of methoxy groups -OCH3 is 1. The molecule has 3 aromatic carbocycles. The number of non-ortho nitro benzene ring substituents is 1. The van der Waals surface area contributed by atoms with Crippen molar-refractivity contribution in [1.82, 2.24) is 0 Å². The van der Waals surface area contributed by atoms with Gasteiger partial charge in [0, 0.05) is 29.4 Å². The zero-order valence-electron chi connectivity index (χ0n) is 16.6. The maximum absolute atomic E-state index is 13.0. The summed E-state index contributed by atoms with van der Waals surface area (Å²) in [7, 11) is -2.77. The van der Waals surface area contributed by atoms with Gasteiger partial charge in [0.15, 0.2) is 0 Å². The summed E-state index contributed by atoms with van der Waals surface area (Å²) in [6, 6.07) is 13.1.